The Bertz CT molecular complexity index is 334. The van der Waals surface area contributed by atoms with E-state index >= 15 is 0 Å². The zero-order valence-corrected chi connectivity index (χ0v) is 10.9. The molecule has 3 heteroatoms. The van der Waals surface area contributed by atoms with Crippen LogP contribution in [0.5, 0.6) is 0 Å². The van der Waals surface area contributed by atoms with Crippen molar-refractivity contribution in [1.82, 2.24) is 5.32 Å². The van der Waals surface area contributed by atoms with E-state index in [0.717, 1.165) is 28.4 Å². The minimum Gasteiger partial charge on any atom is -0.316 e. The molecule has 0 amide bonds. The van der Waals surface area contributed by atoms with Gasteiger partial charge in [0.15, 0.2) is 0 Å². The van der Waals surface area contributed by atoms with E-state index in [1.165, 1.54) is 24.9 Å². The maximum atomic E-state index is 6.07. The van der Waals surface area contributed by atoms with Crippen LogP contribution in [0.3, 0.4) is 0 Å². The molecule has 0 bridgehead atoms. The molecular weight excluding hydrogens is 273 g/mol. The largest absolute Gasteiger partial charge is 0.316 e. The lowest BCUT2D eigenvalue weighted by molar-refractivity contribution is 0.376. The number of benzene rings is 1. The highest BCUT2D eigenvalue weighted by Crippen LogP contribution is 2.25. The van der Waals surface area contributed by atoms with E-state index in [-0.39, 0.29) is 0 Å². The van der Waals surface area contributed by atoms with Gasteiger partial charge >= 0.3 is 0 Å². The van der Waals surface area contributed by atoms with Gasteiger partial charge in [0.05, 0.1) is 5.02 Å². The van der Waals surface area contributed by atoms with Crippen LogP contribution in [0.2, 0.25) is 5.02 Å². The Morgan fingerprint density at radius 2 is 2.33 bits per heavy atom. The van der Waals surface area contributed by atoms with Gasteiger partial charge < -0.3 is 5.32 Å². The van der Waals surface area contributed by atoms with Crippen molar-refractivity contribution in [2.45, 2.75) is 19.3 Å². The van der Waals surface area contributed by atoms with E-state index in [4.69, 9.17) is 11.6 Å². The molecule has 0 spiro atoms. The van der Waals surface area contributed by atoms with E-state index in [2.05, 4.69) is 33.4 Å². The summed E-state index contributed by atoms with van der Waals surface area (Å²) in [6, 6.07) is 6.26. The van der Waals surface area contributed by atoms with Crippen molar-refractivity contribution >= 4 is 27.5 Å². The molecule has 1 aliphatic heterocycles. The Hall–Kier alpha value is -0.0500. The van der Waals surface area contributed by atoms with Crippen molar-refractivity contribution < 1.29 is 0 Å². The number of halogens is 2. The van der Waals surface area contributed by atoms with Gasteiger partial charge in [-0.2, -0.15) is 0 Å². The van der Waals surface area contributed by atoms with Crippen LogP contribution in [-0.4, -0.2) is 13.1 Å². The predicted molar refractivity (Wildman–Crippen MR) is 68.4 cm³/mol. The third kappa shape index (κ3) is 3.20. The molecular formula is C12H15BrClN. The van der Waals surface area contributed by atoms with Gasteiger partial charge in [0.1, 0.15) is 0 Å². The van der Waals surface area contributed by atoms with Crippen molar-refractivity contribution in [1.29, 1.82) is 0 Å². The van der Waals surface area contributed by atoms with Gasteiger partial charge in [-0.15, -0.1) is 0 Å². The molecule has 1 heterocycles. The summed E-state index contributed by atoms with van der Waals surface area (Å²) in [6.07, 6.45) is 3.77. The van der Waals surface area contributed by atoms with Crippen molar-refractivity contribution in [3.8, 4) is 0 Å². The van der Waals surface area contributed by atoms with Crippen molar-refractivity contribution in [3.63, 3.8) is 0 Å². The standard InChI is InChI=1S/C12H15BrClN/c13-11-4-3-9(7-12(11)14)6-10-2-1-5-15-8-10/h3-4,7,10,15H,1-2,5-6,8H2. The van der Waals surface area contributed by atoms with Gasteiger partial charge in [-0.25, -0.2) is 0 Å². The van der Waals surface area contributed by atoms with Crippen LogP contribution in [0.4, 0.5) is 0 Å². The average Bonchev–Trinajstić information content (AvgIpc) is 2.25. The fourth-order valence-corrected chi connectivity index (χ4v) is 2.55. The molecule has 1 aromatic rings. The SMILES string of the molecule is Clc1cc(CC2CCCNC2)ccc1Br. The first-order valence-corrected chi connectivity index (χ1v) is 6.57. The van der Waals surface area contributed by atoms with Crippen LogP contribution in [0, 0.1) is 5.92 Å². The molecule has 0 radical (unpaired) electrons. The molecule has 1 aliphatic rings. The molecule has 1 N–H and O–H groups in total. The van der Waals surface area contributed by atoms with E-state index in [9.17, 15) is 0 Å². The Morgan fingerprint density at radius 3 is 3.00 bits per heavy atom. The summed E-state index contributed by atoms with van der Waals surface area (Å²) < 4.78 is 0.981. The van der Waals surface area contributed by atoms with Gasteiger partial charge in [-0.1, -0.05) is 17.7 Å². The zero-order chi connectivity index (χ0) is 10.7. The third-order valence-corrected chi connectivity index (χ3v) is 4.14. The fourth-order valence-electron chi connectivity index (χ4n) is 2.10. The molecule has 0 saturated carbocycles. The van der Waals surface area contributed by atoms with Crippen LogP contribution in [0.25, 0.3) is 0 Å². The Morgan fingerprint density at radius 1 is 1.47 bits per heavy atom. The molecule has 1 saturated heterocycles. The van der Waals surface area contributed by atoms with Crippen LogP contribution in [0.15, 0.2) is 22.7 Å². The second-order valence-corrected chi connectivity index (χ2v) is 5.43. The summed E-state index contributed by atoms with van der Waals surface area (Å²) in [6.45, 7) is 2.32. The molecule has 1 nitrogen and oxygen atoms in total. The molecule has 15 heavy (non-hydrogen) atoms. The average molecular weight is 289 g/mol. The number of piperidine rings is 1. The number of hydrogen-bond acceptors (Lipinski definition) is 1. The second kappa shape index (κ2) is 5.33. The smallest absolute Gasteiger partial charge is 0.0550 e. The van der Waals surface area contributed by atoms with Crippen molar-refractivity contribution in [3.05, 3.63) is 33.3 Å². The van der Waals surface area contributed by atoms with Crippen LogP contribution in [-0.2, 0) is 6.42 Å². The maximum Gasteiger partial charge on any atom is 0.0550 e. The monoisotopic (exact) mass is 287 g/mol. The minimum absolute atomic E-state index is 0.774. The fraction of sp³-hybridized carbons (Fsp3) is 0.500. The Kier molecular flexibility index (Phi) is 4.06. The summed E-state index contributed by atoms with van der Waals surface area (Å²) in [5.74, 6) is 0.774. The quantitative estimate of drug-likeness (QED) is 0.876. The van der Waals surface area contributed by atoms with E-state index < -0.39 is 0 Å². The number of rotatable bonds is 2. The van der Waals surface area contributed by atoms with Crippen molar-refractivity contribution in [2.24, 2.45) is 5.92 Å². The molecule has 0 aromatic heterocycles. The first-order chi connectivity index (χ1) is 7.25. The molecule has 1 fully saturated rings. The third-order valence-electron chi connectivity index (χ3n) is 2.91. The highest BCUT2D eigenvalue weighted by molar-refractivity contribution is 9.10. The predicted octanol–water partition coefficient (Wildman–Crippen LogP) is 3.64. The number of hydrogen-bond donors (Lipinski definition) is 1. The molecule has 1 aromatic carbocycles. The van der Waals surface area contributed by atoms with E-state index in [1.807, 2.05) is 6.07 Å². The zero-order valence-electron chi connectivity index (χ0n) is 8.60. The lowest BCUT2D eigenvalue weighted by Gasteiger charge is -2.22. The normalized spacial score (nSPS) is 21.6. The van der Waals surface area contributed by atoms with Gasteiger partial charge in [-0.3, -0.25) is 0 Å². The second-order valence-electron chi connectivity index (χ2n) is 4.16. The molecule has 0 aliphatic carbocycles. The molecule has 82 valence electrons. The summed E-state index contributed by atoms with van der Waals surface area (Å²) in [5, 5.41) is 4.25. The van der Waals surface area contributed by atoms with E-state index in [1.54, 1.807) is 0 Å². The van der Waals surface area contributed by atoms with Gasteiger partial charge in [0.2, 0.25) is 0 Å². The lowest BCUT2D eigenvalue weighted by Crippen LogP contribution is -2.30. The van der Waals surface area contributed by atoms with Gasteiger partial charge in [0.25, 0.3) is 0 Å². The Labute approximate surface area is 104 Å². The first kappa shape index (κ1) is 11.4. The summed E-state index contributed by atoms with van der Waals surface area (Å²) in [7, 11) is 0. The Balaban J connectivity index is 2.00. The topological polar surface area (TPSA) is 12.0 Å². The summed E-state index contributed by atoms with van der Waals surface area (Å²) >= 11 is 9.48. The molecule has 1 unspecified atom stereocenters. The number of nitrogens with one attached hydrogen (secondary N) is 1. The maximum absolute atomic E-state index is 6.07. The molecule has 2 rings (SSSR count). The molecule has 1 atom stereocenters. The lowest BCUT2D eigenvalue weighted by atomic mass is 9.92. The summed E-state index contributed by atoms with van der Waals surface area (Å²) in [4.78, 5) is 0. The van der Waals surface area contributed by atoms with Crippen LogP contribution >= 0.6 is 27.5 Å². The minimum atomic E-state index is 0.774. The first-order valence-electron chi connectivity index (χ1n) is 5.40. The van der Waals surface area contributed by atoms with E-state index in [0.29, 0.717) is 0 Å². The van der Waals surface area contributed by atoms with Gasteiger partial charge in [0, 0.05) is 4.47 Å². The van der Waals surface area contributed by atoms with Crippen LogP contribution < -0.4 is 5.32 Å². The summed E-state index contributed by atoms with van der Waals surface area (Å²) in [5.41, 5.74) is 1.34. The highest BCUT2D eigenvalue weighted by Gasteiger charge is 2.13. The van der Waals surface area contributed by atoms with Gasteiger partial charge in [-0.05, 0) is 71.9 Å². The highest BCUT2D eigenvalue weighted by atomic mass is 79.9. The van der Waals surface area contributed by atoms with Crippen LogP contribution in [0.1, 0.15) is 18.4 Å². The van der Waals surface area contributed by atoms with Crippen molar-refractivity contribution in [2.75, 3.05) is 13.1 Å².